The summed E-state index contributed by atoms with van der Waals surface area (Å²) in [6, 6.07) is 9.26. The highest BCUT2D eigenvalue weighted by Gasteiger charge is 2.47. The van der Waals surface area contributed by atoms with Gasteiger partial charge in [-0.15, -0.1) is 0 Å². The Bertz CT molecular complexity index is 787. The minimum Gasteiger partial charge on any atom is -0.337 e. The minimum atomic E-state index is -4.53. The van der Waals surface area contributed by atoms with Gasteiger partial charge in [0.2, 0.25) is 10.0 Å². The molecule has 0 saturated heterocycles. The number of aromatic amines is 1. The molecule has 0 amide bonds. The van der Waals surface area contributed by atoms with Crippen molar-refractivity contribution < 1.29 is 21.6 Å². The van der Waals surface area contributed by atoms with Gasteiger partial charge in [-0.25, -0.2) is 18.1 Å². The van der Waals surface area contributed by atoms with E-state index in [4.69, 9.17) is 0 Å². The van der Waals surface area contributed by atoms with E-state index in [1.165, 1.54) is 0 Å². The normalized spacial score (nSPS) is 21.3. The van der Waals surface area contributed by atoms with Gasteiger partial charge in [0.1, 0.15) is 11.5 Å². The molecule has 1 fully saturated rings. The summed E-state index contributed by atoms with van der Waals surface area (Å²) in [5.74, 6) is -0.145. The SMILES string of the molecule is O=S(=O)(NCc1ncc(C(F)(F)F)[nH]1)C1CC1c1ccccc1. The van der Waals surface area contributed by atoms with Crippen LogP contribution < -0.4 is 4.72 Å². The monoisotopic (exact) mass is 345 g/mol. The second-order valence-corrected chi connectivity index (χ2v) is 7.38. The molecule has 1 aromatic heterocycles. The topological polar surface area (TPSA) is 74.8 Å². The molecule has 23 heavy (non-hydrogen) atoms. The fourth-order valence-electron chi connectivity index (χ4n) is 2.44. The number of imidazole rings is 1. The summed E-state index contributed by atoms with van der Waals surface area (Å²) in [5, 5.41) is -0.554. The van der Waals surface area contributed by atoms with Crippen LogP contribution in [0.5, 0.6) is 0 Å². The molecule has 124 valence electrons. The molecule has 2 N–H and O–H groups in total. The van der Waals surface area contributed by atoms with Crippen molar-refractivity contribution in [1.29, 1.82) is 0 Å². The fraction of sp³-hybridized carbons (Fsp3) is 0.357. The van der Waals surface area contributed by atoms with Gasteiger partial charge in [0.15, 0.2) is 0 Å². The lowest BCUT2D eigenvalue weighted by molar-refractivity contribution is -0.140. The van der Waals surface area contributed by atoms with Gasteiger partial charge >= 0.3 is 6.18 Å². The summed E-state index contributed by atoms with van der Waals surface area (Å²) in [7, 11) is -3.60. The van der Waals surface area contributed by atoms with Crippen LogP contribution in [0.25, 0.3) is 0 Å². The molecule has 5 nitrogen and oxygen atoms in total. The number of nitrogens with zero attached hydrogens (tertiary/aromatic N) is 1. The average molecular weight is 345 g/mol. The molecule has 3 rings (SSSR count). The van der Waals surface area contributed by atoms with Crippen molar-refractivity contribution in [3.05, 3.63) is 53.6 Å². The van der Waals surface area contributed by atoms with E-state index in [0.29, 0.717) is 12.6 Å². The second kappa shape index (κ2) is 5.64. The van der Waals surface area contributed by atoms with Crippen LogP contribution in [0, 0.1) is 0 Å². The van der Waals surface area contributed by atoms with Crippen LogP contribution in [0.1, 0.15) is 29.4 Å². The van der Waals surface area contributed by atoms with Gasteiger partial charge in [0, 0.05) is 5.92 Å². The smallest absolute Gasteiger partial charge is 0.337 e. The molecular formula is C14H14F3N3O2S. The summed E-state index contributed by atoms with van der Waals surface area (Å²) in [4.78, 5) is 5.61. The fourth-order valence-corrected chi connectivity index (χ4v) is 4.04. The maximum Gasteiger partial charge on any atom is 0.432 e. The highest BCUT2D eigenvalue weighted by Crippen LogP contribution is 2.45. The molecular weight excluding hydrogens is 331 g/mol. The Labute approximate surface area is 131 Å². The van der Waals surface area contributed by atoms with E-state index in [9.17, 15) is 21.6 Å². The number of aromatic nitrogens is 2. The maximum atomic E-state index is 12.4. The molecule has 0 bridgehead atoms. The number of hydrogen-bond acceptors (Lipinski definition) is 3. The van der Waals surface area contributed by atoms with Crippen molar-refractivity contribution in [3.63, 3.8) is 0 Å². The zero-order valence-electron chi connectivity index (χ0n) is 11.8. The molecule has 1 saturated carbocycles. The Hall–Kier alpha value is -1.87. The summed E-state index contributed by atoms with van der Waals surface area (Å²) in [6.07, 6.45) is -3.38. The molecule has 2 unspecified atom stereocenters. The van der Waals surface area contributed by atoms with Crippen LogP contribution in [-0.4, -0.2) is 23.6 Å². The van der Waals surface area contributed by atoms with Crippen LogP contribution in [0.3, 0.4) is 0 Å². The first-order valence-electron chi connectivity index (χ1n) is 6.92. The first-order valence-corrected chi connectivity index (χ1v) is 8.46. The van der Waals surface area contributed by atoms with Crippen LogP contribution in [0.2, 0.25) is 0 Å². The van der Waals surface area contributed by atoms with E-state index in [1.807, 2.05) is 30.3 Å². The zero-order valence-corrected chi connectivity index (χ0v) is 12.7. The standard InChI is InChI=1S/C14H14F3N3O2S/c15-14(16,17)12-7-18-13(20-12)8-19-23(21,22)11-6-10(11)9-4-2-1-3-5-9/h1-5,7,10-11,19H,6,8H2,(H,18,20). The van der Waals surface area contributed by atoms with E-state index in [2.05, 4.69) is 14.7 Å². The highest BCUT2D eigenvalue weighted by molar-refractivity contribution is 7.90. The van der Waals surface area contributed by atoms with Crippen LogP contribution >= 0.6 is 0 Å². The van der Waals surface area contributed by atoms with Crippen molar-refractivity contribution in [2.45, 2.75) is 30.3 Å². The second-order valence-electron chi connectivity index (χ2n) is 5.40. The number of benzene rings is 1. The highest BCUT2D eigenvalue weighted by atomic mass is 32.2. The van der Waals surface area contributed by atoms with Gasteiger partial charge in [-0.1, -0.05) is 30.3 Å². The quantitative estimate of drug-likeness (QED) is 0.874. The molecule has 2 aromatic rings. The third-order valence-corrected chi connectivity index (χ3v) is 5.60. The molecule has 1 aliphatic rings. The van der Waals surface area contributed by atoms with E-state index >= 15 is 0 Å². The Morgan fingerprint density at radius 1 is 1.26 bits per heavy atom. The lowest BCUT2D eigenvalue weighted by Crippen LogP contribution is -2.28. The van der Waals surface area contributed by atoms with Crippen molar-refractivity contribution >= 4 is 10.0 Å². The van der Waals surface area contributed by atoms with Crippen molar-refractivity contribution in [2.75, 3.05) is 0 Å². The van der Waals surface area contributed by atoms with Crippen LogP contribution in [0.15, 0.2) is 36.5 Å². The van der Waals surface area contributed by atoms with Gasteiger partial charge < -0.3 is 4.98 Å². The molecule has 0 radical (unpaired) electrons. The van der Waals surface area contributed by atoms with E-state index < -0.39 is 27.1 Å². The van der Waals surface area contributed by atoms with Gasteiger partial charge in [-0.2, -0.15) is 13.2 Å². The molecule has 0 spiro atoms. The number of sulfonamides is 1. The van der Waals surface area contributed by atoms with E-state index in [-0.39, 0.29) is 18.3 Å². The molecule has 1 aromatic carbocycles. The molecule has 1 heterocycles. The summed E-state index contributed by atoms with van der Waals surface area (Å²) in [5.41, 5.74) is -0.0551. The number of halogens is 3. The largest absolute Gasteiger partial charge is 0.432 e. The van der Waals surface area contributed by atoms with Crippen molar-refractivity contribution in [2.24, 2.45) is 0 Å². The Morgan fingerprint density at radius 2 is 1.96 bits per heavy atom. The third kappa shape index (κ3) is 3.56. The third-order valence-electron chi connectivity index (χ3n) is 3.73. The van der Waals surface area contributed by atoms with Gasteiger partial charge in [0.05, 0.1) is 18.0 Å². The Balaban J connectivity index is 1.61. The number of rotatable bonds is 5. The predicted octanol–water partition coefficient (Wildman–Crippen LogP) is 2.40. The first kappa shape index (κ1) is 16.0. The number of nitrogens with one attached hydrogen (secondary N) is 2. The molecule has 1 aliphatic carbocycles. The van der Waals surface area contributed by atoms with Crippen LogP contribution in [0.4, 0.5) is 13.2 Å². The number of alkyl halides is 3. The maximum absolute atomic E-state index is 12.4. The van der Waals surface area contributed by atoms with E-state index in [1.54, 1.807) is 0 Å². The summed E-state index contributed by atoms with van der Waals surface area (Å²) in [6.45, 7) is -0.295. The molecule has 2 atom stereocenters. The van der Waals surface area contributed by atoms with E-state index in [0.717, 1.165) is 5.56 Å². The lowest BCUT2D eigenvalue weighted by atomic mass is 10.1. The number of H-pyrrole nitrogens is 1. The zero-order chi connectivity index (χ0) is 16.7. The molecule has 9 heteroatoms. The lowest BCUT2D eigenvalue weighted by Gasteiger charge is -2.05. The van der Waals surface area contributed by atoms with Crippen molar-refractivity contribution in [1.82, 2.24) is 14.7 Å². The Morgan fingerprint density at radius 3 is 2.57 bits per heavy atom. The summed E-state index contributed by atoms with van der Waals surface area (Å²) < 4.78 is 64.0. The Kier molecular flexibility index (Phi) is 3.93. The number of hydrogen-bond donors (Lipinski definition) is 2. The molecule has 0 aliphatic heterocycles. The van der Waals surface area contributed by atoms with Gasteiger partial charge in [0.25, 0.3) is 0 Å². The van der Waals surface area contributed by atoms with Gasteiger partial charge in [-0.3, -0.25) is 0 Å². The predicted molar refractivity (Wildman–Crippen MR) is 76.9 cm³/mol. The van der Waals surface area contributed by atoms with Gasteiger partial charge in [-0.05, 0) is 12.0 Å². The van der Waals surface area contributed by atoms with Crippen LogP contribution in [-0.2, 0) is 22.7 Å². The average Bonchev–Trinajstić information content (AvgIpc) is 3.16. The summed E-state index contributed by atoms with van der Waals surface area (Å²) >= 11 is 0. The van der Waals surface area contributed by atoms with Crippen molar-refractivity contribution in [3.8, 4) is 0 Å². The minimum absolute atomic E-state index is 0.0715. The first-order chi connectivity index (χ1) is 10.8.